The number of benzene rings is 1. The maximum Gasteiger partial charge on any atom is 0.336 e. The molecule has 0 amide bonds. The van der Waals surface area contributed by atoms with Gasteiger partial charge in [0.05, 0.1) is 55.4 Å². The SMILES string of the molecule is COC(=O)C1=C(CF)NC(COCCN)=C(C(=O)OCCCCCCSc2nc(C)cc(C)n2)C1c1ccccc1Cl. The number of alkyl halides is 1. The van der Waals surface area contributed by atoms with Gasteiger partial charge in [0.2, 0.25) is 0 Å². The van der Waals surface area contributed by atoms with Crippen molar-refractivity contribution in [2.75, 3.05) is 45.9 Å². The molecule has 1 unspecified atom stereocenters. The van der Waals surface area contributed by atoms with Crippen molar-refractivity contribution in [1.29, 1.82) is 0 Å². The molecule has 2 heterocycles. The molecule has 42 heavy (non-hydrogen) atoms. The Hall–Kier alpha value is -2.99. The van der Waals surface area contributed by atoms with Gasteiger partial charge in [-0.1, -0.05) is 54.4 Å². The van der Waals surface area contributed by atoms with Crippen molar-refractivity contribution in [3.8, 4) is 0 Å². The summed E-state index contributed by atoms with van der Waals surface area (Å²) in [6, 6.07) is 8.73. The number of aromatic nitrogens is 2. The third-order valence-corrected chi connectivity index (χ3v) is 7.76. The lowest BCUT2D eigenvalue weighted by Crippen LogP contribution is -2.36. The zero-order chi connectivity index (χ0) is 30.5. The smallest absolute Gasteiger partial charge is 0.336 e. The number of nitrogens with one attached hydrogen (secondary N) is 1. The number of carbonyl (C=O) groups is 2. The first-order valence-corrected chi connectivity index (χ1v) is 15.2. The number of thioether (sulfide) groups is 1. The molecule has 0 fully saturated rings. The second kappa shape index (κ2) is 17.2. The number of rotatable bonds is 16. The Kier molecular flexibility index (Phi) is 13.7. The molecule has 228 valence electrons. The van der Waals surface area contributed by atoms with Crippen LogP contribution in [0.2, 0.25) is 5.02 Å². The van der Waals surface area contributed by atoms with Gasteiger partial charge in [0.15, 0.2) is 5.16 Å². The molecular formula is C30H38ClFN4O5S. The second-order valence-electron chi connectivity index (χ2n) is 9.66. The topological polar surface area (TPSA) is 126 Å². The first kappa shape index (κ1) is 33.5. The minimum atomic E-state index is -1.02. The number of nitrogens with zero attached hydrogens (tertiary/aromatic N) is 2. The molecule has 3 N–H and O–H groups in total. The van der Waals surface area contributed by atoms with E-state index in [0.717, 1.165) is 41.6 Å². The number of aryl methyl sites for hydroxylation is 2. The van der Waals surface area contributed by atoms with Gasteiger partial charge in [0.25, 0.3) is 0 Å². The molecule has 1 aliphatic heterocycles. The highest BCUT2D eigenvalue weighted by Gasteiger charge is 2.40. The molecule has 1 aromatic heterocycles. The van der Waals surface area contributed by atoms with E-state index in [-0.39, 0.29) is 48.9 Å². The van der Waals surface area contributed by atoms with E-state index in [1.165, 1.54) is 7.11 Å². The monoisotopic (exact) mass is 620 g/mol. The summed E-state index contributed by atoms with van der Waals surface area (Å²) < 4.78 is 30.5. The van der Waals surface area contributed by atoms with E-state index in [4.69, 9.17) is 31.5 Å². The number of carbonyl (C=O) groups excluding carboxylic acids is 2. The lowest BCUT2D eigenvalue weighted by molar-refractivity contribution is -0.139. The molecule has 3 rings (SSSR count). The van der Waals surface area contributed by atoms with Gasteiger partial charge in [0, 0.05) is 28.7 Å². The van der Waals surface area contributed by atoms with E-state index in [1.54, 1.807) is 36.0 Å². The molecule has 9 nitrogen and oxygen atoms in total. The Balaban J connectivity index is 1.70. The third kappa shape index (κ3) is 9.26. The lowest BCUT2D eigenvalue weighted by Gasteiger charge is -2.32. The van der Waals surface area contributed by atoms with E-state index >= 15 is 0 Å². The van der Waals surface area contributed by atoms with Crippen LogP contribution >= 0.6 is 23.4 Å². The summed E-state index contributed by atoms with van der Waals surface area (Å²) in [5.74, 6) is -1.56. The van der Waals surface area contributed by atoms with Crippen molar-refractivity contribution >= 4 is 35.3 Å². The van der Waals surface area contributed by atoms with E-state index < -0.39 is 24.5 Å². The van der Waals surface area contributed by atoms with E-state index in [1.807, 2.05) is 19.9 Å². The van der Waals surface area contributed by atoms with Crippen LogP contribution in [0.5, 0.6) is 0 Å². The Morgan fingerprint density at radius 1 is 1.02 bits per heavy atom. The molecule has 2 aromatic rings. The van der Waals surface area contributed by atoms with Gasteiger partial charge >= 0.3 is 11.9 Å². The molecule has 0 spiro atoms. The minimum Gasteiger partial charge on any atom is -0.466 e. The molecule has 0 saturated carbocycles. The molecular weight excluding hydrogens is 583 g/mol. The maximum atomic E-state index is 14.2. The Bertz CT molecular complexity index is 1290. The number of allylic oxidation sites excluding steroid dienone is 1. The van der Waals surface area contributed by atoms with Crippen LogP contribution in [0.15, 0.2) is 58.0 Å². The summed E-state index contributed by atoms with van der Waals surface area (Å²) in [6.07, 6.45) is 3.44. The highest BCUT2D eigenvalue weighted by molar-refractivity contribution is 7.99. The van der Waals surface area contributed by atoms with Crippen LogP contribution in [0, 0.1) is 13.8 Å². The predicted molar refractivity (Wildman–Crippen MR) is 161 cm³/mol. The van der Waals surface area contributed by atoms with Crippen molar-refractivity contribution in [1.82, 2.24) is 15.3 Å². The quantitative estimate of drug-likeness (QED) is 0.115. The molecule has 0 bridgehead atoms. The van der Waals surface area contributed by atoms with Crippen LogP contribution in [0.4, 0.5) is 4.39 Å². The van der Waals surface area contributed by atoms with Crippen molar-refractivity contribution in [2.24, 2.45) is 5.73 Å². The van der Waals surface area contributed by atoms with E-state index in [0.29, 0.717) is 17.0 Å². The molecule has 0 aliphatic carbocycles. The summed E-state index contributed by atoms with van der Waals surface area (Å²) in [4.78, 5) is 35.4. The summed E-state index contributed by atoms with van der Waals surface area (Å²) in [5.41, 5.74) is 8.24. The lowest BCUT2D eigenvalue weighted by atomic mass is 9.80. The summed E-state index contributed by atoms with van der Waals surface area (Å²) in [5, 5.41) is 3.97. The Labute approximate surface area is 255 Å². The number of ether oxygens (including phenoxy) is 3. The average Bonchev–Trinajstić information content (AvgIpc) is 2.97. The van der Waals surface area contributed by atoms with Crippen molar-refractivity contribution in [3.05, 3.63) is 74.8 Å². The van der Waals surface area contributed by atoms with E-state index in [9.17, 15) is 14.0 Å². The first-order chi connectivity index (χ1) is 20.3. The molecule has 1 aromatic carbocycles. The molecule has 1 aliphatic rings. The molecule has 0 radical (unpaired) electrons. The summed E-state index contributed by atoms with van der Waals surface area (Å²) in [7, 11) is 1.20. The average molecular weight is 621 g/mol. The number of halogens is 2. The standard InChI is InChI=1S/C30H38ClFN4O5S/c1-19-16-20(2)35-30(34-19)42-15-9-5-4-8-13-41-29(38)27-24(18-40-14-12-33)36-23(17-32)26(28(37)39-3)25(27)21-10-6-7-11-22(21)31/h6-7,10-11,16,25,36H,4-5,8-9,12-15,17-18,33H2,1-3H3. The first-order valence-electron chi connectivity index (χ1n) is 13.8. The van der Waals surface area contributed by atoms with Crippen LogP contribution in [0.25, 0.3) is 0 Å². The van der Waals surface area contributed by atoms with Crippen molar-refractivity contribution in [3.63, 3.8) is 0 Å². The fourth-order valence-electron chi connectivity index (χ4n) is 4.62. The van der Waals surface area contributed by atoms with Gasteiger partial charge < -0.3 is 25.3 Å². The van der Waals surface area contributed by atoms with Gasteiger partial charge in [-0.25, -0.2) is 23.9 Å². The zero-order valence-electron chi connectivity index (χ0n) is 24.2. The molecule has 0 saturated heterocycles. The van der Waals surface area contributed by atoms with Gasteiger partial charge in [0.1, 0.15) is 6.67 Å². The van der Waals surface area contributed by atoms with Crippen LogP contribution in [0.1, 0.15) is 48.6 Å². The van der Waals surface area contributed by atoms with E-state index in [2.05, 4.69) is 15.3 Å². The summed E-state index contributed by atoms with van der Waals surface area (Å²) >= 11 is 8.16. The fourth-order valence-corrected chi connectivity index (χ4v) is 5.81. The van der Waals surface area contributed by atoms with Gasteiger partial charge in [-0.15, -0.1) is 0 Å². The second-order valence-corrected chi connectivity index (χ2v) is 11.1. The highest BCUT2D eigenvalue weighted by Crippen LogP contribution is 2.42. The largest absolute Gasteiger partial charge is 0.466 e. The number of hydrogen-bond acceptors (Lipinski definition) is 10. The number of unbranched alkanes of at least 4 members (excludes halogenated alkanes) is 3. The molecule has 12 heteroatoms. The van der Waals surface area contributed by atoms with Crippen LogP contribution in [-0.2, 0) is 23.8 Å². The van der Waals surface area contributed by atoms with Gasteiger partial charge in [-0.2, -0.15) is 0 Å². The van der Waals surface area contributed by atoms with Crippen LogP contribution in [-0.4, -0.2) is 67.8 Å². The molecule has 1 atom stereocenters. The number of nitrogens with two attached hydrogens (primary N) is 1. The van der Waals surface area contributed by atoms with Crippen LogP contribution in [0.3, 0.4) is 0 Å². The van der Waals surface area contributed by atoms with Gasteiger partial charge in [-0.3, -0.25) is 0 Å². The number of methoxy groups -OCH3 is 1. The zero-order valence-corrected chi connectivity index (χ0v) is 25.8. The number of hydrogen-bond donors (Lipinski definition) is 2. The number of dihydropyridines is 1. The predicted octanol–water partition coefficient (Wildman–Crippen LogP) is 4.96. The minimum absolute atomic E-state index is 0.0289. The van der Waals surface area contributed by atoms with Crippen molar-refractivity contribution < 1.29 is 28.2 Å². The third-order valence-electron chi connectivity index (χ3n) is 6.48. The maximum absolute atomic E-state index is 14.2. The summed E-state index contributed by atoms with van der Waals surface area (Å²) in [6.45, 7) is 3.50. The van der Waals surface area contributed by atoms with Gasteiger partial charge in [-0.05, 0) is 44.4 Å². The Morgan fingerprint density at radius 3 is 2.38 bits per heavy atom. The Morgan fingerprint density at radius 2 is 1.71 bits per heavy atom. The normalized spacial score (nSPS) is 15.0. The highest BCUT2D eigenvalue weighted by atomic mass is 35.5. The van der Waals surface area contributed by atoms with Crippen molar-refractivity contribution in [2.45, 2.75) is 50.6 Å². The van der Waals surface area contributed by atoms with Crippen LogP contribution < -0.4 is 11.1 Å². The number of esters is 2. The fraction of sp³-hybridized carbons (Fsp3) is 0.467.